The minimum absolute atomic E-state index is 0.0429. The number of fused-ring (bicyclic) bond motifs is 1. The van der Waals surface area contributed by atoms with Gasteiger partial charge in [-0.1, -0.05) is 49.4 Å². The molecule has 0 saturated heterocycles. The number of aliphatic hydroxyl groups excluding tert-OH is 1. The summed E-state index contributed by atoms with van der Waals surface area (Å²) in [6.45, 7) is 5.10. The Bertz CT molecular complexity index is 1140. The van der Waals surface area contributed by atoms with E-state index in [0.717, 1.165) is 30.5 Å². The summed E-state index contributed by atoms with van der Waals surface area (Å²) >= 11 is 1.73. The van der Waals surface area contributed by atoms with Gasteiger partial charge in [0, 0.05) is 18.0 Å². The predicted molar refractivity (Wildman–Crippen MR) is 150 cm³/mol. The molecular weight excluding hydrogens is 500 g/mol. The number of rotatable bonds is 14. The maximum atomic E-state index is 13.6. The molecular formula is C30H38N2O5S. The molecule has 1 aromatic heterocycles. The first-order valence-electron chi connectivity index (χ1n) is 13.2. The van der Waals surface area contributed by atoms with E-state index in [0.29, 0.717) is 37.8 Å². The molecule has 3 aromatic rings. The van der Waals surface area contributed by atoms with E-state index < -0.39 is 6.10 Å². The van der Waals surface area contributed by atoms with Crippen molar-refractivity contribution in [1.82, 2.24) is 9.80 Å². The molecule has 0 saturated carbocycles. The number of benzene rings is 2. The van der Waals surface area contributed by atoms with Crippen molar-refractivity contribution >= 4 is 17.2 Å². The van der Waals surface area contributed by atoms with Crippen LogP contribution < -0.4 is 9.47 Å². The van der Waals surface area contributed by atoms with Crippen molar-refractivity contribution in [2.45, 2.75) is 38.5 Å². The van der Waals surface area contributed by atoms with Crippen LogP contribution in [0.4, 0.5) is 0 Å². The first-order valence-corrected chi connectivity index (χ1v) is 14.1. The number of hydrogen-bond donors (Lipinski definition) is 1. The summed E-state index contributed by atoms with van der Waals surface area (Å²) in [5.41, 5.74) is 2.22. The van der Waals surface area contributed by atoms with Crippen LogP contribution >= 0.6 is 11.3 Å². The topological polar surface area (TPSA) is 71.5 Å². The molecule has 1 aliphatic heterocycles. The number of ether oxygens (including phenoxy) is 3. The molecule has 0 spiro atoms. The van der Waals surface area contributed by atoms with E-state index in [1.807, 2.05) is 64.4 Å². The molecule has 0 aliphatic carbocycles. The zero-order chi connectivity index (χ0) is 26.7. The number of methoxy groups -OCH3 is 1. The molecule has 1 N–H and O–H groups in total. The monoisotopic (exact) mass is 538 g/mol. The number of hydrogen-bond acceptors (Lipinski definition) is 7. The fraction of sp³-hybridized carbons (Fsp3) is 0.433. The first kappa shape index (κ1) is 28.1. The van der Waals surface area contributed by atoms with Crippen molar-refractivity contribution in [3.05, 3.63) is 82.0 Å². The zero-order valence-corrected chi connectivity index (χ0v) is 23.1. The molecule has 2 heterocycles. The van der Waals surface area contributed by atoms with Crippen LogP contribution in [0.5, 0.6) is 11.5 Å². The summed E-state index contributed by atoms with van der Waals surface area (Å²) in [6.07, 6.45) is 1.06. The van der Waals surface area contributed by atoms with Gasteiger partial charge in [-0.2, -0.15) is 0 Å². The molecule has 8 heteroatoms. The van der Waals surface area contributed by atoms with Gasteiger partial charge in [0.05, 0.1) is 39.0 Å². The zero-order valence-electron chi connectivity index (χ0n) is 22.3. The summed E-state index contributed by atoms with van der Waals surface area (Å²) in [4.78, 5) is 18.9. The lowest BCUT2D eigenvalue weighted by Crippen LogP contribution is -2.48. The van der Waals surface area contributed by atoms with Gasteiger partial charge in [-0.15, -0.1) is 11.3 Å². The standard InChI is InChI=1S/C30H38N2O5S/c1-3-15-31(18-24(33)21-36-20-23-9-5-4-6-10-23)19-30(34)32-16-13-29-25(14-17-38-29)26(32)22-37-28-12-8-7-11-27(28)35-2/h4-12,14,17,24,26,33H,3,13,15-16,18-22H2,1-2H3/t24-,26+/m0/s1. The number of nitrogens with zero attached hydrogens (tertiary/aromatic N) is 2. The highest BCUT2D eigenvalue weighted by Gasteiger charge is 2.33. The second kappa shape index (κ2) is 14.3. The van der Waals surface area contributed by atoms with Gasteiger partial charge in [-0.3, -0.25) is 9.69 Å². The Morgan fingerprint density at radius 1 is 1.13 bits per heavy atom. The second-order valence-electron chi connectivity index (χ2n) is 9.50. The van der Waals surface area contributed by atoms with Gasteiger partial charge in [0.1, 0.15) is 6.61 Å². The van der Waals surface area contributed by atoms with Gasteiger partial charge < -0.3 is 24.2 Å². The molecule has 2 aromatic carbocycles. The molecule has 204 valence electrons. The van der Waals surface area contributed by atoms with Crippen molar-refractivity contribution in [3.8, 4) is 11.5 Å². The lowest BCUT2D eigenvalue weighted by molar-refractivity contribution is -0.136. The van der Waals surface area contributed by atoms with E-state index in [1.54, 1.807) is 18.4 Å². The quantitative estimate of drug-likeness (QED) is 0.325. The summed E-state index contributed by atoms with van der Waals surface area (Å²) in [5.74, 6) is 1.38. The molecule has 7 nitrogen and oxygen atoms in total. The smallest absolute Gasteiger partial charge is 0.237 e. The third-order valence-corrected chi connectivity index (χ3v) is 7.67. The molecule has 0 radical (unpaired) electrons. The van der Waals surface area contributed by atoms with Crippen LogP contribution in [0.15, 0.2) is 66.0 Å². The Balaban J connectivity index is 1.37. The highest BCUT2D eigenvalue weighted by Crippen LogP contribution is 2.35. The van der Waals surface area contributed by atoms with E-state index in [9.17, 15) is 9.90 Å². The van der Waals surface area contributed by atoms with Crippen LogP contribution in [0.25, 0.3) is 0 Å². The van der Waals surface area contributed by atoms with Gasteiger partial charge in [-0.25, -0.2) is 0 Å². The number of amides is 1. The van der Waals surface area contributed by atoms with E-state index in [-0.39, 0.29) is 25.1 Å². The fourth-order valence-corrected chi connectivity index (χ4v) is 5.78. The Morgan fingerprint density at radius 2 is 1.89 bits per heavy atom. The van der Waals surface area contributed by atoms with Crippen LogP contribution in [0.1, 0.15) is 35.4 Å². The third-order valence-electron chi connectivity index (χ3n) is 6.67. The lowest BCUT2D eigenvalue weighted by atomic mass is 10.0. The summed E-state index contributed by atoms with van der Waals surface area (Å²) in [6, 6.07) is 19.4. The molecule has 0 fully saturated rings. The Kier molecular flexibility index (Phi) is 10.6. The number of carbonyl (C=O) groups is 1. The Hall–Kier alpha value is -2.91. The minimum Gasteiger partial charge on any atom is -0.493 e. The van der Waals surface area contributed by atoms with E-state index in [4.69, 9.17) is 14.2 Å². The third kappa shape index (κ3) is 7.57. The average Bonchev–Trinajstić information content (AvgIpc) is 3.42. The van der Waals surface area contributed by atoms with Crippen molar-refractivity contribution < 1.29 is 24.1 Å². The lowest BCUT2D eigenvalue weighted by Gasteiger charge is -2.37. The van der Waals surface area contributed by atoms with Crippen molar-refractivity contribution in [2.24, 2.45) is 0 Å². The van der Waals surface area contributed by atoms with Crippen molar-refractivity contribution in [2.75, 3.05) is 46.5 Å². The highest BCUT2D eigenvalue weighted by molar-refractivity contribution is 7.10. The van der Waals surface area contributed by atoms with Crippen LogP contribution in [-0.2, 0) is 22.6 Å². The molecule has 2 atom stereocenters. The average molecular weight is 539 g/mol. The van der Waals surface area contributed by atoms with E-state index in [1.165, 1.54) is 4.88 Å². The number of para-hydroxylation sites is 2. The summed E-state index contributed by atoms with van der Waals surface area (Å²) < 4.78 is 17.4. The van der Waals surface area contributed by atoms with Crippen LogP contribution in [-0.4, -0.2) is 73.4 Å². The second-order valence-corrected chi connectivity index (χ2v) is 10.5. The van der Waals surface area contributed by atoms with Gasteiger partial charge in [0.25, 0.3) is 0 Å². The normalized spacial score (nSPS) is 15.8. The van der Waals surface area contributed by atoms with Gasteiger partial charge in [-0.05, 0) is 54.1 Å². The van der Waals surface area contributed by atoms with Gasteiger partial charge >= 0.3 is 0 Å². The van der Waals surface area contributed by atoms with E-state index in [2.05, 4.69) is 18.4 Å². The highest BCUT2D eigenvalue weighted by atomic mass is 32.1. The van der Waals surface area contributed by atoms with Crippen LogP contribution in [0, 0.1) is 0 Å². The molecule has 1 amide bonds. The summed E-state index contributed by atoms with van der Waals surface area (Å²) in [5, 5.41) is 12.7. The minimum atomic E-state index is -0.674. The molecule has 0 unspecified atom stereocenters. The number of thiophene rings is 1. The Labute approximate surface area is 229 Å². The van der Waals surface area contributed by atoms with E-state index >= 15 is 0 Å². The van der Waals surface area contributed by atoms with Gasteiger partial charge in [0.2, 0.25) is 5.91 Å². The predicted octanol–water partition coefficient (Wildman–Crippen LogP) is 4.55. The van der Waals surface area contributed by atoms with Gasteiger partial charge in [0.15, 0.2) is 11.5 Å². The van der Waals surface area contributed by atoms with Crippen molar-refractivity contribution in [1.29, 1.82) is 0 Å². The van der Waals surface area contributed by atoms with Crippen LogP contribution in [0.3, 0.4) is 0 Å². The van der Waals surface area contributed by atoms with Crippen LogP contribution in [0.2, 0.25) is 0 Å². The maximum Gasteiger partial charge on any atom is 0.237 e. The molecule has 0 bridgehead atoms. The van der Waals surface area contributed by atoms with Crippen molar-refractivity contribution in [3.63, 3.8) is 0 Å². The molecule has 4 rings (SSSR count). The Morgan fingerprint density at radius 3 is 2.66 bits per heavy atom. The maximum absolute atomic E-state index is 13.6. The number of aliphatic hydroxyl groups is 1. The largest absolute Gasteiger partial charge is 0.493 e. The SMILES string of the molecule is CCCN(CC(=O)N1CCc2sccc2[C@H]1COc1ccccc1OC)C[C@H](O)COCc1ccccc1. The summed E-state index contributed by atoms with van der Waals surface area (Å²) in [7, 11) is 1.62. The molecule has 1 aliphatic rings. The first-order chi connectivity index (χ1) is 18.6. The number of carbonyl (C=O) groups excluding carboxylic acids is 1. The molecule has 38 heavy (non-hydrogen) atoms. The fourth-order valence-electron chi connectivity index (χ4n) is 4.85.